The Hall–Kier alpha value is -4.17. The van der Waals surface area contributed by atoms with E-state index in [1.807, 2.05) is 65.7 Å². The number of allylic oxidation sites excluding steroid dienone is 2. The van der Waals surface area contributed by atoms with Gasteiger partial charge in [-0.1, -0.05) is 24.3 Å². The Bertz CT molecular complexity index is 1140. The number of aldehydes is 1. The highest BCUT2D eigenvalue weighted by Crippen LogP contribution is 2.35. The standard InChI is InChI=1S/C24H18N4O/c25-14-17-5-1-2-6-21(17)22-13-18(23-7-3-4-12-27-23)15-28(24(22)16-29)20-10-8-19(26)9-11-20/h1-13,15-16,24H,26H2. The van der Waals surface area contributed by atoms with Gasteiger partial charge in [0, 0.05) is 29.3 Å². The van der Waals surface area contributed by atoms with Crippen molar-refractivity contribution >= 4 is 28.8 Å². The first-order valence-corrected chi connectivity index (χ1v) is 9.15. The van der Waals surface area contributed by atoms with Crippen LogP contribution >= 0.6 is 0 Å². The Labute approximate surface area is 169 Å². The second kappa shape index (κ2) is 7.83. The largest absolute Gasteiger partial charge is 0.399 e. The van der Waals surface area contributed by atoms with Crippen LogP contribution < -0.4 is 10.6 Å². The lowest BCUT2D eigenvalue weighted by Crippen LogP contribution is -2.35. The van der Waals surface area contributed by atoms with Crippen LogP contribution in [0.1, 0.15) is 16.8 Å². The van der Waals surface area contributed by atoms with E-state index >= 15 is 0 Å². The Morgan fingerprint density at radius 1 is 1.03 bits per heavy atom. The first kappa shape index (κ1) is 18.2. The van der Waals surface area contributed by atoms with Gasteiger partial charge in [0.25, 0.3) is 0 Å². The summed E-state index contributed by atoms with van der Waals surface area (Å²) < 4.78 is 0. The molecule has 0 aliphatic carbocycles. The molecular weight excluding hydrogens is 360 g/mol. The molecule has 3 aromatic rings. The normalized spacial score (nSPS) is 15.8. The molecule has 1 atom stereocenters. The first-order valence-electron chi connectivity index (χ1n) is 9.15. The summed E-state index contributed by atoms with van der Waals surface area (Å²) in [6.07, 6.45) is 6.46. The van der Waals surface area contributed by atoms with Crippen LogP contribution in [0, 0.1) is 11.3 Å². The second-order valence-electron chi connectivity index (χ2n) is 6.64. The van der Waals surface area contributed by atoms with Crippen molar-refractivity contribution in [3.63, 3.8) is 0 Å². The van der Waals surface area contributed by atoms with Gasteiger partial charge in [0.1, 0.15) is 12.3 Å². The van der Waals surface area contributed by atoms with Gasteiger partial charge in [-0.05, 0) is 59.7 Å². The van der Waals surface area contributed by atoms with Crippen LogP contribution in [0.3, 0.4) is 0 Å². The molecule has 1 unspecified atom stereocenters. The first-order chi connectivity index (χ1) is 14.2. The highest BCUT2D eigenvalue weighted by atomic mass is 16.1. The average molecular weight is 378 g/mol. The number of hydrogen-bond donors (Lipinski definition) is 1. The fourth-order valence-electron chi connectivity index (χ4n) is 3.43. The van der Waals surface area contributed by atoms with E-state index < -0.39 is 6.04 Å². The number of nitriles is 1. The zero-order chi connectivity index (χ0) is 20.2. The Morgan fingerprint density at radius 2 is 1.79 bits per heavy atom. The fraction of sp³-hybridized carbons (Fsp3) is 0.0417. The summed E-state index contributed by atoms with van der Waals surface area (Å²) in [7, 11) is 0. The van der Waals surface area contributed by atoms with Gasteiger partial charge in [-0.25, -0.2) is 0 Å². The van der Waals surface area contributed by atoms with Gasteiger partial charge < -0.3 is 15.4 Å². The number of carbonyl (C=O) groups excluding carboxylic acids is 1. The zero-order valence-electron chi connectivity index (χ0n) is 15.6. The lowest BCUT2D eigenvalue weighted by Gasteiger charge is -2.33. The Balaban J connectivity index is 1.92. The van der Waals surface area contributed by atoms with Crippen molar-refractivity contribution < 1.29 is 4.79 Å². The van der Waals surface area contributed by atoms with Crippen molar-refractivity contribution in [3.05, 3.63) is 102 Å². The Kier molecular flexibility index (Phi) is 4.91. The van der Waals surface area contributed by atoms with E-state index in [9.17, 15) is 10.1 Å². The number of carbonyl (C=O) groups is 1. The number of nitrogens with two attached hydrogens (primary N) is 1. The average Bonchev–Trinajstić information content (AvgIpc) is 2.79. The van der Waals surface area contributed by atoms with Crippen molar-refractivity contribution in [3.8, 4) is 6.07 Å². The van der Waals surface area contributed by atoms with Crippen LogP contribution in [0.5, 0.6) is 0 Å². The van der Waals surface area contributed by atoms with Crippen LogP contribution in [0.25, 0.3) is 11.1 Å². The molecule has 2 heterocycles. The maximum atomic E-state index is 12.2. The van der Waals surface area contributed by atoms with Crippen LogP contribution in [0.15, 0.2) is 85.2 Å². The van der Waals surface area contributed by atoms with Crippen LogP contribution in [0.4, 0.5) is 11.4 Å². The van der Waals surface area contributed by atoms with Gasteiger partial charge in [0.15, 0.2) is 0 Å². The predicted octanol–water partition coefficient (Wildman–Crippen LogP) is 4.05. The SMILES string of the molecule is N#Cc1ccccc1C1=CC(c2ccccn2)=CN(c2ccc(N)cc2)C1C=O. The Morgan fingerprint density at radius 3 is 2.48 bits per heavy atom. The smallest absolute Gasteiger partial charge is 0.147 e. The molecule has 0 amide bonds. The van der Waals surface area contributed by atoms with Gasteiger partial charge in [-0.15, -0.1) is 0 Å². The third-order valence-corrected chi connectivity index (χ3v) is 4.85. The molecule has 0 saturated carbocycles. The van der Waals surface area contributed by atoms with Crippen LogP contribution in [-0.4, -0.2) is 17.3 Å². The van der Waals surface area contributed by atoms with Gasteiger partial charge in [-0.2, -0.15) is 5.26 Å². The van der Waals surface area contributed by atoms with Crippen molar-refractivity contribution in [2.75, 3.05) is 10.6 Å². The van der Waals surface area contributed by atoms with Crippen molar-refractivity contribution in [2.24, 2.45) is 0 Å². The summed E-state index contributed by atoms with van der Waals surface area (Å²) in [5.41, 5.74) is 10.9. The number of aromatic nitrogens is 1. The highest BCUT2D eigenvalue weighted by Gasteiger charge is 2.28. The molecule has 0 fully saturated rings. The van der Waals surface area contributed by atoms with E-state index in [1.165, 1.54) is 0 Å². The van der Waals surface area contributed by atoms with Crippen LogP contribution in [0.2, 0.25) is 0 Å². The van der Waals surface area contributed by atoms with E-state index in [2.05, 4.69) is 11.1 Å². The van der Waals surface area contributed by atoms with Crippen molar-refractivity contribution in [1.82, 2.24) is 4.98 Å². The van der Waals surface area contributed by atoms with Gasteiger partial charge >= 0.3 is 0 Å². The minimum Gasteiger partial charge on any atom is -0.399 e. The molecule has 29 heavy (non-hydrogen) atoms. The maximum absolute atomic E-state index is 12.2. The number of nitrogen functional groups attached to an aromatic ring is 1. The van der Waals surface area contributed by atoms with Gasteiger partial charge in [-0.3, -0.25) is 4.98 Å². The molecule has 1 aliphatic rings. The summed E-state index contributed by atoms with van der Waals surface area (Å²) in [6, 6.07) is 22.0. The predicted molar refractivity (Wildman–Crippen MR) is 115 cm³/mol. The van der Waals surface area contributed by atoms with Crippen LogP contribution in [-0.2, 0) is 4.79 Å². The summed E-state index contributed by atoms with van der Waals surface area (Å²) in [4.78, 5) is 18.5. The van der Waals surface area contributed by atoms with Gasteiger partial charge in [0.05, 0.1) is 17.3 Å². The van der Waals surface area contributed by atoms with E-state index in [0.29, 0.717) is 11.3 Å². The summed E-state index contributed by atoms with van der Waals surface area (Å²) in [5, 5.41) is 9.58. The molecule has 0 spiro atoms. The molecule has 2 aromatic carbocycles. The molecule has 0 bridgehead atoms. The minimum absolute atomic E-state index is 0.519. The molecule has 5 heteroatoms. The molecule has 2 N–H and O–H groups in total. The molecule has 1 aliphatic heterocycles. The number of nitrogens with zero attached hydrogens (tertiary/aromatic N) is 3. The second-order valence-corrected chi connectivity index (χ2v) is 6.64. The maximum Gasteiger partial charge on any atom is 0.147 e. The fourth-order valence-corrected chi connectivity index (χ4v) is 3.43. The summed E-state index contributed by atoms with van der Waals surface area (Å²) in [6.45, 7) is 0. The number of hydrogen-bond acceptors (Lipinski definition) is 5. The molecule has 0 radical (unpaired) electrons. The summed E-state index contributed by atoms with van der Waals surface area (Å²) >= 11 is 0. The molecule has 0 saturated heterocycles. The number of anilines is 2. The topological polar surface area (TPSA) is 83.0 Å². The van der Waals surface area contributed by atoms with Crippen molar-refractivity contribution in [2.45, 2.75) is 6.04 Å². The lowest BCUT2D eigenvalue weighted by molar-refractivity contribution is -0.107. The molecule has 5 nitrogen and oxygen atoms in total. The van der Waals surface area contributed by atoms with E-state index in [-0.39, 0.29) is 0 Å². The molecule has 4 rings (SSSR count). The quantitative estimate of drug-likeness (QED) is 0.547. The summed E-state index contributed by atoms with van der Waals surface area (Å²) in [5.74, 6) is 0. The third-order valence-electron chi connectivity index (χ3n) is 4.85. The lowest BCUT2D eigenvalue weighted by atomic mass is 9.89. The third kappa shape index (κ3) is 3.52. The van der Waals surface area contributed by atoms with Gasteiger partial charge in [0.2, 0.25) is 0 Å². The molecular formula is C24H18N4O. The highest BCUT2D eigenvalue weighted by molar-refractivity contribution is 5.99. The monoisotopic (exact) mass is 378 g/mol. The zero-order valence-corrected chi connectivity index (χ0v) is 15.6. The number of pyridine rings is 1. The number of benzene rings is 2. The minimum atomic E-state index is -0.583. The van der Waals surface area contributed by atoms with Crippen molar-refractivity contribution in [1.29, 1.82) is 5.26 Å². The van der Waals surface area contributed by atoms with E-state index in [1.54, 1.807) is 24.4 Å². The van der Waals surface area contributed by atoms with E-state index in [0.717, 1.165) is 34.4 Å². The molecule has 140 valence electrons. The van der Waals surface area contributed by atoms with E-state index in [4.69, 9.17) is 5.73 Å². The molecule has 1 aromatic heterocycles. The number of rotatable bonds is 4.